The summed E-state index contributed by atoms with van der Waals surface area (Å²) < 4.78 is 34.1. The third kappa shape index (κ3) is 5.12. The van der Waals surface area contributed by atoms with Crippen molar-refractivity contribution in [2.24, 2.45) is 0 Å². The molecule has 2 atom stereocenters. The number of hydrazine groups is 1. The first-order valence-electron chi connectivity index (χ1n) is 11.6. The number of phenols is 2. The number of aliphatic hydroxyl groups excluding tert-OH is 1. The van der Waals surface area contributed by atoms with Crippen molar-refractivity contribution in [2.75, 3.05) is 18.5 Å². The normalized spacial score (nSPS) is 15.9. The van der Waals surface area contributed by atoms with Gasteiger partial charge < -0.3 is 29.8 Å². The molecule has 0 amide bonds. The van der Waals surface area contributed by atoms with E-state index in [2.05, 4.69) is 20.6 Å². The summed E-state index contributed by atoms with van der Waals surface area (Å²) >= 11 is 0. The molecule has 2 unspecified atom stereocenters. The van der Waals surface area contributed by atoms with Crippen molar-refractivity contribution in [3.05, 3.63) is 101 Å². The Morgan fingerprint density at radius 1 is 1.11 bits per heavy atom. The number of nitrogens with one attached hydrogen (secondary N) is 1. The molecule has 4 N–H and O–H groups in total. The molecule has 1 aliphatic rings. The molecule has 196 valence electrons. The number of aromatic hydroxyl groups is 2. The Morgan fingerprint density at radius 3 is 2.66 bits per heavy atom. The molecule has 5 rings (SSSR count). The number of nitrogens with zero attached hydrogens (tertiary/aromatic N) is 5. The summed E-state index contributed by atoms with van der Waals surface area (Å²) in [6.07, 6.45) is 3.14. The largest absolute Gasteiger partial charge is 0.504 e. The van der Waals surface area contributed by atoms with E-state index in [4.69, 9.17) is 4.52 Å². The first-order valence-corrected chi connectivity index (χ1v) is 11.6. The molecule has 12 heteroatoms. The minimum absolute atomic E-state index is 0.0530. The predicted molar refractivity (Wildman–Crippen MR) is 132 cm³/mol. The summed E-state index contributed by atoms with van der Waals surface area (Å²) in [5.74, 6) is -1.56. The second-order valence-corrected chi connectivity index (χ2v) is 8.77. The number of aliphatic hydroxyl groups is 1. The van der Waals surface area contributed by atoms with Gasteiger partial charge in [-0.1, -0.05) is 29.4 Å². The first-order chi connectivity index (χ1) is 18.3. The van der Waals surface area contributed by atoms with E-state index in [0.29, 0.717) is 22.5 Å². The molecule has 2 aromatic carbocycles. The number of aromatic nitrogens is 3. The van der Waals surface area contributed by atoms with Crippen molar-refractivity contribution in [3.63, 3.8) is 0 Å². The van der Waals surface area contributed by atoms with Gasteiger partial charge in [-0.25, -0.2) is 24.2 Å². The maximum absolute atomic E-state index is 14.8. The topological polar surface area (TPSA) is 131 Å². The van der Waals surface area contributed by atoms with E-state index in [1.165, 1.54) is 35.4 Å². The molecule has 38 heavy (non-hydrogen) atoms. The Balaban J connectivity index is 1.39. The summed E-state index contributed by atoms with van der Waals surface area (Å²) in [6.45, 7) is 0.108. The summed E-state index contributed by atoms with van der Waals surface area (Å²) in [5.41, 5.74) is 5.11. The zero-order chi connectivity index (χ0) is 26.8. The van der Waals surface area contributed by atoms with Crippen LogP contribution in [0.2, 0.25) is 0 Å². The lowest BCUT2D eigenvalue weighted by Crippen LogP contribution is -2.34. The Labute approximate surface area is 216 Å². The van der Waals surface area contributed by atoms with Gasteiger partial charge in [0.1, 0.15) is 23.8 Å². The Kier molecular flexibility index (Phi) is 6.90. The monoisotopic (exact) mass is 522 g/mol. The van der Waals surface area contributed by atoms with Gasteiger partial charge in [0.05, 0.1) is 24.5 Å². The zero-order valence-corrected chi connectivity index (χ0v) is 20.2. The number of anilines is 1. The number of hydrogen-bond acceptors (Lipinski definition) is 10. The fourth-order valence-corrected chi connectivity index (χ4v) is 4.14. The van der Waals surface area contributed by atoms with E-state index in [1.807, 2.05) is 0 Å². The maximum Gasteiger partial charge on any atom is 0.183 e. The van der Waals surface area contributed by atoms with Crippen molar-refractivity contribution in [3.8, 4) is 11.5 Å². The van der Waals surface area contributed by atoms with E-state index < -0.39 is 18.0 Å². The van der Waals surface area contributed by atoms with Crippen LogP contribution in [-0.2, 0) is 6.54 Å². The smallest absolute Gasteiger partial charge is 0.183 e. The molecule has 4 aromatic rings. The summed E-state index contributed by atoms with van der Waals surface area (Å²) in [6, 6.07) is 11.4. The quantitative estimate of drug-likeness (QED) is 0.255. The van der Waals surface area contributed by atoms with E-state index in [1.54, 1.807) is 42.4 Å². The second-order valence-electron chi connectivity index (χ2n) is 8.77. The van der Waals surface area contributed by atoms with Crippen LogP contribution in [0.25, 0.3) is 5.70 Å². The first kappa shape index (κ1) is 25.1. The third-order valence-corrected chi connectivity index (χ3v) is 6.11. The summed E-state index contributed by atoms with van der Waals surface area (Å²) in [7, 11) is 1.56. The molecule has 1 aliphatic heterocycles. The van der Waals surface area contributed by atoms with Crippen molar-refractivity contribution < 1.29 is 28.6 Å². The summed E-state index contributed by atoms with van der Waals surface area (Å²) in [5, 5.41) is 35.5. The van der Waals surface area contributed by atoms with Gasteiger partial charge in [0.2, 0.25) is 0 Å². The molecule has 0 bridgehead atoms. The fourth-order valence-electron chi connectivity index (χ4n) is 4.14. The SMILES string of the molecule is CN(CC(O)c1ccc(O)c(O)c1)c1nc(C2C=C(c3ccon3)N(Cc3ccccc3F)N2)ncc1F. The van der Waals surface area contributed by atoms with E-state index >= 15 is 0 Å². The fraction of sp³-hybridized carbons (Fsp3) is 0.192. The average Bonchev–Trinajstić information content (AvgIpc) is 3.57. The highest BCUT2D eigenvalue weighted by molar-refractivity contribution is 5.63. The van der Waals surface area contributed by atoms with Crippen LogP contribution in [0, 0.1) is 11.6 Å². The molecular weight excluding hydrogens is 498 g/mol. The minimum atomic E-state index is -1.11. The van der Waals surface area contributed by atoms with Gasteiger partial charge in [0.25, 0.3) is 0 Å². The third-order valence-electron chi connectivity index (χ3n) is 6.11. The van der Waals surface area contributed by atoms with Crippen LogP contribution in [0.5, 0.6) is 11.5 Å². The van der Waals surface area contributed by atoms with Crippen molar-refractivity contribution in [1.82, 2.24) is 25.6 Å². The van der Waals surface area contributed by atoms with Gasteiger partial charge in [-0.3, -0.25) is 0 Å². The van der Waals surface area contributed by atoms with Crippen LogP contribution in [-0.4, -0.2) is 49.0 Å². The van der Waals surface area contributed by atoms with Crippen LogP contribution >= 0.6 is 0 Å². The highest BCUT2D eigenvalue weighted by Gasteiger charge is 2.30. The molecule has 2 aromatic heterocycles. The lowest BCUT2D eigenvalue weighted by molar-refractivity contribution is 0.184. The van der Waals surface area contributed by atoms with Crippen LogP contribution in [0.15, 0.2) is 71.6 Å². The van der Waals surface area contributed by atoms with Gasteiger partial charge in [-0.2, -0.15) is 0 Å². The van der Waals surface area contributed by atoms with Gasteiger partial charge >= 0.3 is 0 Å². The minimum Gasteiger partial charge on any atom is -0.504 e. The number of rotatable bonds is 8. The van der Waals surface area contributed by atoms with Crippen LogP contribution < -0.4 is 10.3 Å². The molecule has 0 spiro atoms. The Bertz CT molecular complexity index is 1470. The number of hydrogen-bond donors (Lipinski definition) is 4. The average molecular weight is 523 g/mol. The molecule has 0 fully saturated rings. The van der Waals surface area contributed by atoms with Gasteiger partial charge in [0.15, 0.2) is 29.0 Å². The highest BCUT2D eigenvalue weighted by Crippen LogP contribution is 2.32. The van der Waals surface area contributed by atoms with Crippen LogP contribution in [0.3, 0.4) is 0 Å². The standard InChI is InChI=1S/C26H24F2N6O4/c1-33(14-24(37)15-6-7-22(35)23(36)10-15)26-18(28)12-29-25(30-26)20-11-21(19-8-9-38-32-19)34(31-20)13-16-4-2-3-5-17(16)27/h2-12,20,24,31,35-37H,13-14H2,1H3. The molecule has 10 nitrogen and oxygen atoms in total. The zero-order valence-electron chi connectivity index (χ0n) is 20.2. The van der Waals surface area contributed by atoms with Gasteiger partial charge in [0, 0.05) is 25.2 Å². The van der Waals surface area contributed by atoms with Crippen LogP contribution in [0.4, 0.5) is 14.6 Å². The van der Waals surface area contributed by atoms with Gasteiger partial charge in [-0.05, 0) is 29.8 Å². The van der Waals surface area contributed by atoms with Crippen molar-refractivity contribution in [2.45, 2.75) is 18.7 Å². The Morgan fingerprint density at radius 2 is 1.92 bits per heavy atom. The Hall–Kier alpha value is -4.55. The van der Waals surface area contributed by atoms with Crippen LogP contribution in [0.1, 0.15) is 34.8 Å². The van der Waals surface area contributed by atoms with Crippen molar-refractivity contribution >= 4 is 11.5 Å². The van der Waals surface area contributed by atoms with E-state index in [9.17, 15) is 24.1 Å². The van der Waals surface area contributed by atoms with Gasteiger partial charge in [-0.15, -0.1) is 0 Å². The lowest BCUT2D eigenvalue weighted by atomic mass is 10.1. The molecular formula is C26H24F2N6O4. The molecule has 3 heterocycles. The molecule has 0 radical (unpaired) electrons. The van der Waals surface area contributed by atoms with E-state index in [-0.39, 0.29) is 42.0 Å². The molecule has 0 saturated heterocycles. The lowest BCUT2D eigenvalue weighted by Gasteiger charge is -2.24. The highest BCUT2D eigenvalue weighted by atomic mass is 19.1. The van der Waals surface area contributed by atoms with E-state index in [0.717, 1.165) is 6.20 Å². The number of likely N-dealkylation sites (N-methyl/N-ethyl adjacent to an activating group) is 1. The molecule has 0 aliphatic carbocycles. The summed E-state index contributed by atoms with van der Waals surface area (Å²) in [4.78, 5) is 9.96. The molecule has 0 saturated carbocycles. The maximum atomic E-state index is 14.8. The van der Waals surface area contributed by atoms with Crippen molar-refractivity contribution in [1.29, 1.82) is 0 Å². The second kappa shape index (κ2) is 10.4. The number of phenolic OH excluding ortho intramolecular Hbond substituents is 2. The number of benzene rings is 2. The predicted octanol–water partition coefficient (Wildman–Crippen LogP) is 3.43. The number of halogens is 2.